The molecule has 4 rings (SSSR count). The topological polar surface area (TPSA) is 52.7 Å². The zero-order chi connectivity index (χ0) is 17.4. The number of piperazine rings is 1. The van der Waals surface area contributed by atoms with Gasteiger partial charge in [0.25, 0.3) is 0 Å². The monoisotopic (exact) mass is 337 g/mol. The van der Waals surface area contributed by atoms with E-state index in [0.717, 1.165) is 43.9 Å². The van der Waals surface area contributed by atoms with E-state index in [-0.39, 0.29) is 12.1 Å². The normalized spacial score (nSPS) is 24.2. The van der Waals surface area contributed by atoms with Crippen molar-refractivity contribution < 1.29 is 5.11 Å². The molecule has 25 heavy (non-hydrogen) atoms. The second kappa shape index (κ2) is 6.70. The van der Waals surface area contributed by atoms with E-state index in [9.17, 15) is 5.11 Å². The smallest absolute Gasteiger partial charge is 0.0739 e. The minimum Gasteiger partial charge on any atom is -0.398 e. The zero-order valence-corrected chi connectivity index (χ0v) is 14.9. The zero-order valence-electron chi connectivity index (χ0n) is 14.9. The average Bonchev–Trinajstić information content (AvgIpc) is 2.63. The highest BCUT2D eigenvalue weighted by Gasteiger charge is 2.33. The number of nitrogen functional groups attached to an aromatic ring is 1. The molecule has 0 bridgehead atoms. The van der Waals surface area contributed by atoms with Crippen LogP contribution in [0.3, 0.4) is 0 Å². The summed E-state index contributed by atoms with van der Waals surface area (Å²) in [6.45, 7) is 6.13. The van der Waals surface area contributed by atoms with E-state index in [2.05, 4.69) is 47.1 Å². The lowest BCUT2D eigenvalue weighted by atomic mass is 9.84. The molecule has 2 aromatic rings. The van der Waals surface area contributed by atoms with E-state index in [1.54, 1.807) is 0 Å². The van der Waals surface area contributed by atoms with Crippen molar-refractivity contribution in [1.29, 1.82) is 0 Å². The van der Waals surface area contributed by atoms with Crippen molar-refractivity contribution in [3.63, 3.8) is 0 Å². The summed E-state index contributed by atoms with van der Waals surface area (Å²) in [4.78, 5) is 4.90. The van der Waals surface area contributed by atoms with Crippen molar-refractivity contribution in [3.05, 3.63) is 59.2 Å². The van der Waals surface area contributed by atoms with Gasteiger partial charge < -0.3 is 15.7 Å². The molecule has 2 aliphatic rings. The predicted molar refractivity (Wildman–Crippen MR) is 103 cm³/mol. The Bertz CT molecular complexity index is 735. The number of nitrogens with two attached hydrogens (primary N) is 1. The first-order chi connectivity index (χ1) is 12.1. The molecule has 0 radical (unpaired) electrons. The van der Waals surface area contributed by atoms with Crippen LogP contribution in [0.15, 0.2) is 42.5 Å². The molecule has 1 heterocycles. The molecule has 0 unspecified atom stereocenters. The van der Waals surface area contributed by atoms with E-state index in [4.69, 9.17) is 5.73 Å². The van der Waals surface area contributed by atoms with Crippen molar-refractivity contribution in [3.8, 4) is 0 Å². The Labute approximate surface area is 149 Å². The van der Waals surface area contributed by atoms with Gasteiger partial charge in [-0.05, 0) is 42.7 Å². The number of aryl methyl sites for hydroxylation is 1. The van der Waals surface area contributed by atoms with Crippen molar-refractivity contribution in [1.82, 2.24) is 4.90 Å². The lowest BCUT2D eigenvalue weighted by Gasteiger charge is -2.43. The maximum Gasteiger partial charge on any atom is 0.0739 e. The van der Waals surface area contributed by atoms with Gasteiger partial charge in [0, 0.05) is 50.0 Å². The minimum absolute atomic E-state index is 0.203. The fraction of sp³-hybridized carbons (Fsp3) is 0.429. The molecule has 2 aromatic carbocycles. The molecule has 3 N–H and O–H groups in total. The van der Waals surface area contributed by atoms with E-state index in [1.807, 2.05) is 12.1 Å². The summed E-state index contributed by atoms with van der Waals surface area (Å²) in [5.74, 6) is 0. The third kappa shape index (κ3) is 3.24. The Morgan fingerprint density at radius 3 is 2.40 bits per heavy atom. The van der Waals surface area contributed by atoms with E-state index in [1.165, 1.54) is 16.8 Å². The number of hydrogen-bond donors (Lipinski definition) is 2. The van der Waals surface area contributed by atoms with Crippen LogP contribution in [0, 0.1) is 6.92 Å². The standard InChI is InChI=1S/C21H27N3O/c1-15-5-7-17(8-6-15)23-9-11-24(12-10-23)20-13-16-3-2-4-19(22)18(16)14-21(20)25/h2-8,20-21,25H,9-14,22H2,1H3/t20-,21-/m0/s1. The second-order valence-corrected chi connectivity index (χ2v) is 7.39. The van der Waals surface area contributed by atoms with Crippen LogP contribution in [-0.4, -0.2) is 48.3 Å². The van der Waals surface area contributed by atoms with Gasteiger partial charge in [-0.2, -0.15) is 0 Å². The fourth-order valence-electron chi connectivity index (χ4n) is 4.24. The molecule has 1 fully saturated rings. The summed E-state index contributed by atoms with van der Waals surface area (Å²) in [6.07, 6.45) is 1.24. The highest BCUT2D eigenvalue weighted by molar-refractivity contribution is 5.53. The van der Waals surface area contributed by atoms with Crippen molar-refractivity contribution in [2.45, 2.75) is 31.9 Å². The quantitative estimate of drug-likeness (QED) is 0.825. The maximum atomic E-state index is 10.7. The van der Waals surface area contributed by atoms with Crippen LogP contribution in [-0.2, 0) is 12.8 Å². The number of aliphatic hydroxyl groups is 1. The van der Waals surface area contributed by atoms with Crippen molar-refractivity contribution >= 4 is 11.4 Å². The molecule has 4 heteroatoms. The van der Waals surface area contributed by atoms with E-state index in [0.29, 0.717) is 6.42 Å². The van der Waals surface area contributed by atoms with Gasteiger partial charge in [0.05, 0.1) is 6.10 Å². The second-order valence-electron chi connectivity index (χ2n) is 7.39. The number of nitrogens with zero attached hydrogens (tertiary/aromatic N) is 2. The maximum absolute atomic E-state index is 10.7. The van der Waals surface area contributed by atoms with Gasteiger partial charge >= 0.3 is 0 Å². The summed E-state index contributed by atoms with van der Waals surface area (Å²) in [6, 6.07) is 15.1. The highest BCUT2D eigenvalue weighted by Crippen LogP contribution is 2.29. The lowest BCUT2D eigenvalue weighted by molar-refractivity contribution is 0.0397. The van der Waals surface area contributed by atoms with E-state index < -0.39 is 0 Å². The van der Waals surface area contributed by atoms with Gasteiger partial charge in [0.15, 0.2) is 0 Å². The van der Waals surface area contributed by atoms with Crippen LogP contribution < -0.4 is 10.6 Å². The van der Waals surface area contributed by atoms with Gasteiger partial charge in [-0.25, -0.2) is 0 Å². The van der Waals surface area contributed by atoms with Crippen LogP contribution in [0.2, 0.25) is 0 Å². The molecule has 0 aromatic heterocycles. The molecule has 1 aliphatic carbocycles. The molecule has 2 atom stereocenters. The van der Waals surface area contributed by atoms with Gasteiger partial charge in [-0.1, -0.05) is 29.8 Å². The molecule has 0 spiro atoms. The first kappa shape index (κ1) is 16.4. The first-order valence-corrected chi connectivity index (χ1v) is 9.22. The summed E-state index contributed by atoms with van der Waals surface area (Å²) in [7, 11) is 0. The van der Waals surface area contributed by atoms with Crippen molar-refractivity contribution in [2.75, 3.05) is 36.8 Å². The lowest BCUT2D eigenvalue weighted by Crippen LogP contribution is -2.56. The molecule has 1 saturated heterocycles. The van der Waals surface area contributed by atoms with Crippen LogP contribution in [0.1, 0.15) is 16.7 Å². The van der Waals surface area contributed by atoms with E-state index >= 15 is 0 Å². The summed E-state index contributed by atoms with van der Waals surface area (Å²) >= 11 is 0. The molecular weight excluding hydrogens is 310 g/mol. The molecule has 0 amide bonds. The largest absolute Gasteiger partial charge is 0.398 e. The third-order valence-corrected chi connectivity index (χ3v) is 5.78. The van der Waals surface area contributed by atoms with Crippen LogP contribution in [0.25, 0.3) is 0 Å². The predicted octanol–water partition coefficient (Wildman–Crippen LogP) is 2.23. The Balaban J connectivity index is 1.43. The van der Waals surface area contributed by atoms with Crippen LogP contribution >= 0.6 is 0 Å². The Hall–Kier alpha value is -2.04. The molecule has 4 nitrogen and oxygen atoms in total. The fourth-order valence-corrected chi connectivity index (χ4v) is 4.24. The van der Waals surface area contributed by atoms with Gasteiger partial charge in [-0.3, -0.25) is 4.90 Å². The first-order valence-electron chi connectivity index (χ1n) is 9.22. The Kier molecular flexibility index (Phi) is 4.40. The number of hydrogen-bond acceptors (Lipinski definition) is 4. The SMILES string of the molecule is Cc1ccc(N2CCN([C@H]3Cc4cccc(N)c4C[C@@H]3O)CC2)cc1. The molecule has 1 aliphatic heterocycles. The number of rotatable bonds is 2. The van der Waals surface area contributed by atoms with Gasteiger partial charge in [-0.15, -0.1) is 0 Å². The number of anilines is 2. The Morgan fingerprint density at radius 1 is 0.960 bits per heavy atom. The van der Waals surface area contributed by atoms with Crippen LogP contribution in [0.5, 0.6) is 0 Å². The molecular formula is C21H27N3O. The summed E-state index contributed by atoms with van der Waals surface area (Å²) in [5, 5.41) is 10.7. The average molecular weight is 337 g/mol. The minimum atomic E-state index is -0.330. The third-order valence-electron chi connectivity index (χ3n) is 5.78. The van der Waals surface area contributed by atoms with Gasteiger partial charge in [0.1, 0.15) is 0 Å². The highest BCUT2D eigenvalue weighted by atomic mass is 16.3. The molecule has 132 valence electrons. The Morgan fingerprint density at radius 2 is 1.68 bits per heavy atom. The summed E-state index contributed by atoms with van der Waals surface area (Å²) in [5.41, 5.74) is 11.9. The van der Waals surface area contributed by atoms with Crippen LogP contribution in [0.4, 0.5) is 11.4 Å². The number of benzene rings is 2. The van der Waals surface area contributed by atoms with Gasteiger partial charge in [0.2, 0.25) is 0 Å². The van der Waals surface area contributed by atoms with Crippen molar-refractivity contribution in [2.24, 2.45) is 0 Å². The summed E-state index contributed by atoms with van der Waals surface area (Å²) < 4.78 is 0. The number of aliphatic hydroxyl groups excluding tert-OH is 1. The number of fused-ring (bicyclic) bond motifs is 1. The molecule has 0 saturated carbocycles.